The number of carbonyl (C=O) groups excluding carboxylic acids is 1. The van der Waals surface area contributed by atoms with Gasteiger partial charge in [0.25, 0.3) is 0 Å². The number of hydrogen-bond acceptors (Lipinski definition) is 2. The molecule has 0 N–H and O–H groups in total. The zero-order chi connectivity index (χ0) is 17.7. The Balaban J connectivity index is 3.06. The van der Waals surface area contributed by atoms with Crippen LogP contribution in [0.2, 0.25) is 0 Å². The van der Waals surface area contributed by atoms with Crippen molar-refractivity contribution in [3.63, 3.8) is 0 Å². The number of hydrogen-bond donors (Lipinski definition) is 0. The average molecular weight is 340 g/mol. The van der Waals surface area contributed by atoms with Crippen LogP contribution < -0.4 is 0 Å². The molecule has 0 heterocycles. The number of carbonyl (C=O) groups is 1. The van der Waals surface area contributed by atoms with Crippen molar-refractivity contribution in [2.24, 2.45) is 0 Å². The van der Waals surface area contributed by atoms with E-state index in [9.17, 15) is 4.79 Å². The molecule has 0 unspecified atom stereocenters. The third-order valence-corrected chi connectivity index (χ3v) is 4.61. The van der Waals surface area contributed by atoms with Crippen molar-refractivity contribution >= 4 is 5.97 Å². The van der Waals surface area contributed by atoms with Crippen molar-refractivity contribution in [2.75, 3.05) is 0 Å². The molecule has 143 valence electrons. The summed E-state index contributed by atoms with van der Waals surface area (Å²) in [5, 5.41) is 0. The predicted octanol–water partition coefficient (Wildman–Crippen LogP) is 7.75. The van der Waals surface area contributed by atoms with Crippen LogP contribution in [0.25, 0.3) is 0 Å². The molecule has 0 spiro atoms. The third kappa shape index (κ3) is 19.5. The molecule has 0 aliphatic carbocycles. The molecular formula is C22H43O2. The van der Waals surface area contributed by atoms with Crippen molar-refractivity contribution < 1.29 is 9.53 Å². The lowest BCUT2D eigenvalue weighted by molar-refractivity contribution is -0.140. The molecule has 0 aliphatic heterocycles. The lowest BCUT2D eigenvalue weighted by Crippen LogP contribution is -2.01. The Morgan fingerprint density at radius 1 is 0.625 bits per heavy atom. The number of esters is 1. The van der Waals surface area contributed by atoms with Crippen LogP contribution in [-0.4, -0.2) is 5.97 Å². The highest BCUT2D eigenvalue weighted by molar-refractivity contribution is 5.69. The standard InChI is InChI=1S/C22H43O2/c1-3-5-7-8-9-10-11-12-13-14-15-16-17-18-19-20-22(23)24-21-6-4-2/h21H,3-20H2,1-2H3. The monoisotopic (exact) mass is 339 g/mol. The molecule has 0 aliphatic rings. The molecule has 0 bridgehead atoms. The first-order valence-electron chi connectivity index (χ1n) is 10.8. The summed E-state index contributed by atoms with van der Waals surface area (Å²) in [5.74, 6) is -0.0573. The summed E-state index contributed by atoms with van der Waals surface area (Å²) in [6.07, 6.45) is 22.8. The highest BCUT2D eigenvalue weighted by Gasteiger charge is 2.02. The average Bonchev–Trinajstić information content (AvgIpc) is 2.58. The van der Waals surface area contributed by atoms with Crippen LogP contribution >= 0.6 is 0 Å². The molecule has 1 radical (unpaired) electrons. The van der Waals surface area contributed by atoms with E-state index in [1.807, 2.05) is 0 Å². The molecule has 0 fully saturated rings. The molecule has 24 heavy (non-hydrogen) atoms. The Labute approximate surface area is 152 Å². The van der Waals surface area contributed by atoms with Crippen LogP contribution in [-0.2, 0) is 9.53 Å². The molecule has 0 saturated carbocycles. The first kappa shape index (κ1) is 23.5. The number of unbranched alkanes of at least 4 members (excludes halogenated alkanes) is 15. The summed E-state index contributed by atoms with van der Waals surface area (Å²) in [6, 6.07) is 0. The van der Waals surface area contributed by atoms with E-state index in [0.29, 0.717) is 6.42 Å². The molecule has 0 aromatic carbocycles. The Morgan fingerprint density at radius 3 is 1.46 bits per heavy atom. The van der Waals surface area contributed by atoms with E-state index in [4.69, 9.17) is 4.74 Å². The second-order valence-corrected chi connectivity index (χ2v) is 7.14. The third-order valence-electron chi connectivity index (χ3n) is 4.61. The van der Waals surface area contributed by atoms with Crippen LogP contribution in [0.4, 0.5) is 0 Å². The van der Waals surface area contributed by atoms with Crippen molar-refractivity contribution in [1.82, 2.24) is 0 Å². The first-order chi connectivity index (χ1) is 11.8. The Bertz CT molecular complexity index is 250. The summed E-state index contributed by atoms with van der Waals surface area (Å²) in [6.45, 7) is 6.01. The maximum Gasteiger partial charge on any atom is 0.306 e. The van der Waals surface area contributed by atoms with Gasteiger partial charge in [0.2, 0.25) is 0 Å². The van der Waals surface area contributed by atoms with Gasteiger partial charge in [-0.25, -0.2) is 0 Å². The Morgan fingerprint density at radius 2 is 1.04 bits per heavy atom. The molecule has 0 saturated heterocycles. The van der Waals surface area contributed by atoms with Gasteiger partial charge in [-0.1, -0.05) is 110 Å². The molecule has 0 amide bonds. The quantitative estimate of drug-likeness (QED) is 0.177. The minimum absolute atomic E-state index is 0.0573. The van der Waals surface area contributed by atoms with E-state index in [1.165, 1.54) is 89.9 Å². The SMILES string of the molecule is CCC[CH]OC(=O)CCCCCCCCCCCCCCCCC. The van der Waals surface area contributed by atoms with Gasteiger partial charge in [0.1, 0.15) is 6.61 Å². The Kier molecular flexibility index (Phi) is 20.1. The molecule has 2 heteroatoms. The number of ether oxygens (including phenoxy) is 1. The number of rotatable bonds is 19. The molecular weight excluding hydrogens is 296 g/mol. The minimum Gasteiger partial charge on any atom is -0.458 e. The van der Waals surface area contributed by atoms with E-state index in [2.05, 4.69) is 13.8 Å². The Hall–Kier alpha value is -0.530. The fraction of sp³-hybridized carbons (Fsp3) is 0.909. The van der Waals surface area contributed by atoms with Crippen LogP contribution in [0.1, 0.15) is 129 Å². The van der Waals surface area contributed by atoms with Crippen molar-refractivity contribution in [2.45, 2.75) is 129 Å². The van der Waals surface area contributed by atoms with Crippen LogP contribution in [0.3, 0.4) is 0 Å². The summed E-state index contributed by atoms with van der Waals surface area (Å²) < 4.78 is 5.04. The van der Waals surface area contributed by atoms with E-state index in [1.54, 1.807) is 6.61 Å². The van der Waals surface area contributed by atoms with E-state index < -0.39 is 0 Å². The predicted molar refractivity (Wildman–Crippen MR) is 105 cm³/mol. The van der Waals surface area contributed by atoms with E-state index >= 15 is 0 Å². The van der Waals surface area contributed by atoms with Gasteiger partial charge in [-0.3, -0.25) is 4.79 Å². The zero-order valence-corrected chi connectivity index (χ0v) is 16.6. The van der Waals surface area contributed by atoms with Crippen LogP contribution in [0.15, 0.2) is 0 Å². The summed E-state index contributed by atoms with van der Waals surface area (Å²) >= 11 is 0. The fourth-order valence-corrected chi connectivity index (χ4v) is 2.97. The normalized spacial score (nSPS) is 10.9. The maximum atomic E-state index is 11.4. The van der Waals surface area contributed by atoms with Crippen molar-refractivity contribution in [3.05, 3.63) is 6.61 Å². The highest BCUT2D eigenvalue weighted by atomic mass is 16.5. The van der Waals surface area contributed by atoms with Gasteiger partial charge in [0.05, 0.1) is 0 Å². The van der Waals surface area contributed by atoms with Crippen LogP contribution in [0.5, 0.6) is 0 Å². The van der Waals surface area contributed by atoms with Gasteiger partial charge in [-0.05, 0) is 12.8 Å². The maximum absolute atomic E-state index is 11.4. The zero-order valence-electron chi connectivity index (χ0n) is 16.6. The van der Waals surface area contributed by atoms with Gasteiger partial charge in [0.15, 0.2) is 0 Å². The van der Waals surface area contributed by atoms with Crippen molar-refractivity contribution in [3.8, 4) is 0 Å². The largest absolute Gasteiger partial charge is 0.458 e. The lowest BCUT2D eigenvalue weighted by Gasteiger charge is -2.04. The van der Waals surface area contributed by atoms with Gasteiger partial charge < -0.3 is 4.74 Å². The molecule has 0 atom stereocenters. The summed E-state index contributed by atoms with van der Waals surface area (Å²) in [4.78, 5) is 11.4. The van der Waals surface area contributed by atoms with Gasteiger partial charge in [0, 0.05) is 6.42 Å². The van der Waals surface area contributed by atoms with Gasteiger partial charge in [-0.2, -0.15) is 0 Å². The summed E-state index contributed by atoms with van der Waals surface area (Å²) in [5.41, 5.74) is 0. The van der Waals surface area contributed by atoms with E-state index in [-0.39, 0.29) is 5.97 Å². The minimum atomic E-state index is -0.0573. The van der Waals surface area contributed by atoms with E-state index in [0.717, 1.165) is 19.3 Å². The van der Waals surface area contributed by atoms with Crippen molar-refractivity contribution in [1.29, 1.82) is 0 Å². The summed E-state index contributed by atoms with van der Waals surface area (Å²) in [7, 11) is 0. The molecule has 0 rings (SSSR count). The second-order valence-electron chi connectivity index (χ2n) is 7.14. The van der Waals surface area contributed by atoms with Crippen LogP contribution in [0, 0.1) is 6.61 Å². The smallest absolute Gasteiger partial charge is 0.306 e. The molecule has 0 aromatic rings. The fourth-order valence-electron chi connectivity index (χ4n) is 2.97. The first-order valence-corrected chi connectivity index (χ1v) is 10.8. The molecule has 0 aromatic heterocycles. The van der Waals surface area contributed by atoms with Gasteiger partial charge >= 0.3 is 5.97 Å². The topological polar surface area (TPSA) is 26.3 Å². The second kappa shape index (κ2) is 20.5. The molecule has 2 nitrogen and oxygen atoms in total. The van der Waals surface area contributed by atoms with Gasteiger partial charge in [-0.15, -0.1) is 0 Å². The highest BCUT2D eigenvalue weighted by Crippen LogP contribution is 2.13. The lowest BCUT2D eigenvalue weighted by atomic mass is 10.0.